The van der Waals surface area contributed by atoms with Gasteiger partial charge in [-0.15, -0.1) is 0 Å². The zero-order chi connectivity index (χ0) is 11.8. The van der Waals surface area contributed by atoms with Gasteiger partial charge in [-0.05, 0) is 38.2 Å². The average Bonchev–Trinajstić information content (AvgIpc) is 2.79. The van der Waals surface area contributed by atoms with E-state index in [1.165, 1.54) is 11.4 Å². The van der Waals surface area contributed by atoms with Crippen molar-refractivity contribution < 1.29 is 0 Å². The molecular weight excluding hydrogens is 210 g/mol. The van der Waals surface area contributed by atoms with Crippen LogP contribution in [0, 0.1) is 0 Å². The molecule has 3 nitrogen and oxygen atoms in total. The monoisotopic (exact) mass is 227 g/mol. The molecule has 0 fully saturated rings. The third kappa shape index (κ3) is 1.67. The minimum Gasteiger partial charge on any atom is -0.341 e. The van der Waals surface area contributed by atoms with Gasteiger partial charge in [0.2, 0.25) is 0 Å². The Morgan fingerprint density at radius 3 is 2.82 bits per heavy atom. The lowest BCUT2D eigenvalue weighted by Gasteiger charge is -2.32. The SMILES string of the molecule is CC1c2ccc(-c3ccccn3)n2CCN1C. The van der Waals surface area contributed by atoms with Crippen LogP contribution in [0.15, 0.2) is 36.5 Å². The van der Waals surface area contributed by atoms with Gasteiger partial charge < -0.3 is 4.57 Å². The largest absolute Gasteiger partial charge is 0.341 e. The second kappa shape index (κ2) is 4.00. The highest BCUT2D eigenvalue weighted by Gasteiger charge is 2.23. The molecule has 0 radical (unpaired) electrons. The smallest absolute Gasteiger partial charge is 0.0866 e. The summed E-state index contributed by atoms with van der Waals surface area (Å²) >= 11 is 0. The molecule has 0 aromatic carbocycles. The summed E-state index contributed by atoms with van der Waals surface area (Å²) in [5.41, 5.74) is 3.69. The molecule has 0 bridgehead atoms. The predicted octanol–water partition coefficient (Wildman–Crippen LogP) is 2.56. The second-order valence-corrected chi connectivity index (χ2v) is 4.67. The fourth-order valence-electron chi connectivity index (χ4n) is 2.51. The summed E-state index contributed by atoms with van der Waals surface area (Å²) in [6.07, 6.45) is 1.85. The number of pyridine rings is 1. The Hall–Kier alpha value is -1.61. The molecule has 0 saturated heterocycles. The van der Waals surface area contributed by atoms with E-state index in [0.29, 0.717) is 6.04 Å². The zero-order valence-electron chi connectivity index (χ0n) is 10.3. The van der Waals surface area contributed by atoms with Gasteiger partial charge >= 0.3 is 0 Å². The molecular formula is C14H17N3. The Balaban J connectivity index is 2.08. The molecule has 0 N–H and O–H groups in total. The van der Waals surface area contributed by atoms with Gasteiger partial charge in [0.1, 0.15) is 0 Å². The molecule has 88 valence electrons. The minimum absolute atomic E-state index is 0.487. The lowest BCUT2D eigenvalue weighted by Crippen LogP contribution is -2.33. The Kier molecular flexibility index (Phi) is 2.48. The number of rotatable bonds is 1. The van der Waals surface area contributed by atoms with Gasteiger partial charge in [0.15, 0.2) is 0 Å². The first kappa shape index (κ1) is 10.5. The first-order valence-corrected chi connectivity index (χ1v) is 6.08. The fraction of sp³-hybridized carbons (Fsp3) is 0.357. The van der Waals surface area contributed by atoms with Crippen LogP contribution in [0.1, 0.15) is 18.7 Å². The molecule has 0 saturated carbocycles. The Bertz CT molecular complexity index is 516. The molecule has 2 aromatic heterocycles. The number of hydrogen-bond acceptors (Lipinski definition) is 2. The zero-order valence-corrected chi connectivity index (χ0v) is 10.3. The van der Waals surface area contributed by atoms with Gasteiger partial charge in [-0.2, -0.15) is 0 Å². The first-order chi connectivity index (χ1) is 8.27. The third-order valence-electron chi connectivity index (χ3n) is 3.71. The van der Waals surface area contributed by atoms with Gasteiger partial charge in [0, 0.05) is 31.0 Å². The van der Waals surface area contributed by atoms with E-state index in [0.717, 1.165) is 18.8 Å². The van der Waals surface area contributed by atoms with E-state index in [1.54, 1.807) is 0 Å². The lowest BCUT2D eigenvalue weighted by molar-refractivity contribution is 0.212. The number of likely N-dealkylation sites (N-methyl/N-ethyl adjacent to an activating group) is 1. The minimum atomic E-state index is 0.487. The van der Waals surface area contributed by atoms with Crippen molar-refractivity contribution in [2.75, 3.05) is 13.6 Å². The average molecular weight is 227 g/mol. The number of aromatic nitrogens is 2. The van der Waals surface area contributed by atoms with E-state index >= 15 is 0 Å². The molecule has 1 atom stereocenters. The Morgan fingerprint density at radius 1 is 1.18 bits per heavy atom. The summed E-state index contributed by atoms with van der Waals surface area (Å²) in [7, 11) is 2.18. The van der Waals surface area contributed by atoms with Crippen molar-refractivity contribution in [1.82, 2.24) is 14.5 Å². The quantitative estimate of drug-likeness (QED) is 0.746. The van der Waals surface area contributed by atoms with Crippen molar-refractivity contribution in [1.29, 1.82) is 0 Å². The highest BCUT2D eigenvalue weighted by atomic mass is 15.2. The molecule has 1 unspecified atom stereocenters. The van der Waals surface area contributed by atoms with Crippen molar-refractivity contribution in [3.8, 4) is 11.4 Å². The van der Waals surface area contributed by atoms with Crippen LogP contribution in [-0.4, -0.2) is 28.0 Å². The van der Waals surface area contributed by atoms with Crippen LogP contribution in [0.25, 0.3) is 11.4 Å². The topological polar surface area (TPSA) is 21.1 Å². The number of fused-ring (bicyclic) bond motifs is 1. The van der Waals surface area contributed by atoms with Crippen LogP contribution in [-0.2, 0) is 6.54 Å². The molecule has 0 amide bonds. The maximum absolute atomic E-state index is 4.44. The van der Waals surface area contributed by atoms with E-state index < -0.39 is 0 Å². The van der Waals surface area contributed by atoms with Crippen LogP contribution in [0.5, 0.6) is 0 Å². The molecule has 0 spiro atoms. The normalized spacial score (nSPS) is 20.2. The van der Waals surface area contributed by atoms with Crippen LogP contribution < -0.4 is 0 Å². The maximum atomic E-state index is 4.44. The molecule has 3 heterocycles. The lowest BCUT2D eigenvalue weighted by atomic mass is 10.2. The molecule has 3 rings (SSSR count). The van der Waals surface area contributed by atoms with Crippen LogP contribution in [0.2, 0.25) is 0 Å². The molecule has 2 aromatic rings. The van der Waals surface area contributed by atoms with E-state index in [-0.39, 0.29) is 0 Å². The summed E-state index contributed by atoms with van der Waals surface area (Å²) in [4.78, 5) is 6.83. The second-order valence-electron chi connectivity index (χ2n) is 4.67. The molecule has 1 aliphatic heterocycles. The van der Waals surface area contributed by atoms with E-state index in [2.05, 4.69) is 46.6 Å². The van der Waals surface area contributed by atoms with Crippen LogP contribution in [0.4, 0.5) is 0 Å². The highest BCUT2D eigenvalue weighted by molar-refractivity contribution is 5.56. The van der Waals surface area contributed by atoms with Crippen molar-refractivity contribution in [2.24, 2.45) is 0 Å². The Morgan fingerprint density at radius 2 is 2.06 bits per heavy atom. The van der Waals surface area contributed by atoms with Crippen molar-refractivity contribution in [2.45, 2.75) is 19.5 Å². The van der Waals surface area contributed by atoms with Crippen molar-refractivity contribution in [3.05, 3.63) is 42.2 Å². The molecule has 17 heavy (non-hydrogen) atoms. The van der Waals surface area contributed by atoms with Crippen molar-refractivity contribution in [3.63, 3.8) is 0 Å². The summed E-state index contributed by atoms with van der Waals surface area (Å²) in [6, 6.07) is 11.0. The van der Waals surface area contributed by atoms with Gasteiger partial charge in [0.25, 0.3) is 0 Å². The summed E-state index contributed by atoms with van der Waals surface area (Å²) < 4.78 is 2.40. The molecule has 3 heteroatoms. The van der Waals surface area contributed by atoms with Crippen LogP contribution in [0.3, 0.4) is 0 Å². The Labute approximate surface area is 102 Å². The molecule has 1 aliphatic rings. The summed E-state index contributed by atoms with van der Waals surface area (Å²) in [5, 5.41) is 0. The summed E-state index contributed by atoms with van der Waals surface area (Å²) in [5.74, 6) is 0. The maximum Gasteiger partial charge on any atom is 0.0866 e. The number of hydrogen-bond donors (Lipinski definition) is 0. The van der Waals surface area contributed by atoms with Gasteiger partial charge in [-0.25, -0.2) is 0 Å². The molecule has 0 aliphatic carbocycles. The fourth-order valence-corrected chi connectivity index (χ4v) is 2.51. The highest BCUT2D eigenvalue weighted by Crippen LogP contribution is 2.29. The standard InChI is InChI=1S/C14H17N3/c1-11-13-6-7-14(12-5-3-4-8-15-12)17(13)10-9-16(11)2/h3-8,11H,9-10H2,1-2H3. The van der Waals surface area contributed by atoms with E-state index in [9.17, 15) is 0 Å². The van der Waals surface area contributed by atoms with E-state index in [1.807, 2.05) is 18.3 Å². The van der Waals surface area contributed by atoms with Gasteiger partial charge in [-0.1, -0.05) is 6.07 Å². The third-order valence-corrected chi connectivity index (χ3v) is 3.71. The van der Waals surface area contributed by atoms with Crippen molar-refractivity contribution >= 4 is 0 Å². The van der Waals surface area contributed by atoms with Gasteiger partial charge in [0.05, 0.1) is 11.4 Å². The first-order valence-electron chi connectivity index (χ1n) is 6.08. The predicted molar refractivity (Wildman–Crippen MR) is 68.7 cm³/mol. The van der Waals surface area contributed by atoms with Gasteiger partial charge in [-0.3, -0.25) is 9.88 Å². The van der Waals surface area contributed by atoms with E-state index in [4.69, 9.17) is 0 Å². The summed E-state index contributed by atoms with van der Waals surface area (Å²) in [6.45, 7) is 4.41. The number of nitrogens with zero attached hydrogens (tertiary/aromatic N) is 3. The van der Waals surface area contributed by atoms with Crippen LogP contribution >= 0.6 is 0 Å².